The molecule has 0 saturated heterocycles. The lowest BCUT2D eigenvalue weighted by Gasteiger charge is -2.02. The fourth-order valence-corrected chi connectivity index (χ4v) is 15.2. The van der Waals surface area contributed by atoms with Crippen LogP contribution < -0.4 is 82.3 Å². The molecule has 0 spiro atoms. The summed E-state index contributed by atoms with van der Waals surface area (Å²) in [5.74, 6) is 0. The van der Waals surface area contributed by atoms with E-state index in [9.17, 15) is 57.5 Å². The molecule has 15 rings (SSSR count). The van der Waals surface area contributed by atoms with E-state index in [0.29, 0.717) is 10.9 Å². The van der Waals surface area contributed by atoms with Crippen LogP contribution >= 0.6 is 57.2 Å². The zero-order chi connectivity index (χ0) is 57.1. The van der Waals surface area contributed by atoms with Crippen molar-refractivity contribution in [2.45, 2.75) is 6.92 Å². The number of hydrogen-bond donors (Lipinski definition) is 3. The lowest BCUT2D eigenvalue weighted by Crippen LogP contribution is -2.16. The zero-order valence-corrected chi connectivity index (χ0v) is 45.0. The van der Waals surface area contributed by atoms with Gasteiger partial charge in [-0.1, -0.05) is 102 Å². The van der Waals surface area contributed by atoms with Crippen LogP contribution in [0.25, 0.3) is 125 Å². The normalized spacial score (nSPS) is 11.9. The molecule has 0 aliphatic rings. The van der Waals surface area contributed by atoms with Gasteiger partial charge in [-0.05, 0) is 42.8 Å². The molecule has 3 aromatic heterocycles. The predicted octanol–water partition coefficient (Wildman–Crippen LogP) is 8.39. The Labute approximate surface area is 468 Å². The summed E-state index contributed by atoms with van der Waals surface area (Å²) in [6.07, 6.45) is 0. The average Bonchev–Trinajstić information content (AvgIpc) is 4.31. The second-order valence-corrected chi connectivity index (χ2v) is 23.0. The Morgan fingerprint density at radius 3 is 0.889 bits per heavy atom. The van der Waals surface area contributed by atoms with Crippen LogP contribution in [0.1, 0.15) is 5.56 Å². The number of thiophene rings is 3. The molecule has 0 atom stereocenters. The second-order valence-electron chi connectivity index (χ2n) is 19.1. The molecule has 20 heteroatoms. The number of halogens is 2. The summed E-state index contributed by atoms with van der Waals surface area (Å²) >= 11 is 14.9. The first-order chi connectivity index (χ1) is 38.7. The number of hydrogen-bond acceptors (Lipinski definition) is 18. The van der Waals surface area contributed by atoms with Gasteiger partial charge < -0.3 is 17.2 Å². The Kier molecular flexibility index (Phi) is 11.3. The van der Waals surface area contributed by atoms with Crippen molar-refractivity contribution in [3.63, 3.8) is 0 Å². The van der Waals surface area contributed by atoms with Gasteiger partial charge in [-0.3, -0.25) is 57.5 Å². The van der Waals surface area contributed by atoms with Crippen LogP contribution in [0.4, 0.5) is 17.1 Å². The molecule has 0 radical (unpaired) electrons. The third kappa shape index (κ3) is 6.91. The Hall–Kier alpha value is -9.56. The summed E-state index contributed by atoms with van der Waals surface area (Å²) < 4.78 is 0.608. The first kappa shape index (κ1) is 50.9. The fraction of sp³-hybridized carbons (Fsp3) is 0.0164. The van der Waals surface area contributed by atoms with E-state index >= 15 is 0 Å². The molecule has 15 nitrogen and oxygen atoms in total. The van der Waals surface area contributed by atoms with E-state index in [-0.39, 0.29) is 152 Å². The highest BCUT2D eigenvalue weighted by Gasteiger charge is 2.27. The fourth-order valence-electron chi connectivity index (χ4n) is 11.1. The number of rotatable bonds is 0. The maximum absolute atomic E-state index is 13.1. The standard InChI is InChI=1S/C21H11NO4S.C20H6Cl2O4S.C20H10N2O4S/c1-8-4-2-5-9-12(8)18(25)20-14(16(9)23)15-17(24)10-6-3-7-11(22)13(10)19(26)21(15)27-20;21-9-5-2-4-8-11(9)17(25)14-13-15(23)7-3-1-6-10(22)12(7)18(26)20(13)27-19(14)16(8)24;21-9-5-1-3-7-11(9)17(25)13-14-18(26)12-8(4-2-6-10(12)22)16(24)20(14)27-19(13)15(7)23/h2-7H,22H2,1H3;1-6H;1-6H,21-22H2. The molecular formula is C61H27Cl2N3O12S3. The minimum absolute atomic E-state index is 0.0290. The van der Waals surface area contributed by atoms with Crippen LogP contribution in [0.2, 0.25) is 10.0 Å². The van der Waals surface area contributed by atoms with Crippen LogP contribution in [-0.2, 0) is 0 Å². The molecule has 12 aromatic carbocycles. The van der Waals surface area contributed by atoms with E-state index in [4.69, 9.17) is 40.4 Å². The van der Waals surface area contributed by atoms with E-state index in [0.717, 1.165) is 34.0 Å². The van der Waals surface area contributed by atoms with E-state index in [2.05, 4.69) is 0 Å². The van der Waals surface area contributed by atoms with Crippen LogP contribution in [0.3, 0.4) is 0 Å². The molecule has 0 unspecified atom stereocenters. The summed E-state index contributed by atoms with van der Waals surface area (Å²) in [6.45, 7) is 1.76. The summed E-state index contributed by atoms with van der Waals surface area (Å²) in [5.41, 5.74) is 13.6. The monoisotopic (exact) mass is 1160 g/mol. The van der Waals surface area contributed by atoms with Gasteiger partial charge in [-0.25, -0.2) is 0 Å². The Morgan fingerprint density at radius 2 is 0.494 bits per heavy atom. The van der Waals surface area contributed by atoms with Crippen molar-refractivity contribution in [3.8, 4) is 0 Å². The lowest BCUT2D eigenvalue weighted by atomic mass is 9.99. The quantitative estimate of drug-likeness (QED) is 0.120. The summed E-state index contributed by atoms with van der Waals surface area (Å²) in [6, 6.07) is 28.1. The second kappa shape index (κ2) is 18.0. The van der Waals surface area contributed by atoms with Gasteiger partial charge in [0.2, 0.25) is 32.6 Å². The van der Waals surface area contributed by atoms with Gasteiger partial charge in [-0.15, -0.1) is 34.0 Å². The molecule has 0 amide bonds. The molecule has 6 N–H and O–H groups in total. The zero-order valence-electron chi connectivity index (χ0n) is 41.0. The molecule has 390 valence electrons. The van der Waals surface area contributed by atoms with Crippen molar-refractivity contribution >= 4 is 199 Å². The minimum atomic E-state index is -0.519. The van der Waals surface area contributed by atoms with Crippen LogP contribution in [-0.4, -0.2) is 0 Å². The molecule has 0 aliphatic carbocycles. The van der Waals surface area contributed by atoms with E-state index in [1.807, 2.05) is 0 Å². The largest absolute Gasteiger partial charge is 0.398 e. The van der Waals surface area contributed by atoms with E-state index < -0.39 is 59.7 Å². The summed E-state index contributed by atoms with van der Waals surface area (Å²) in [5, 5.41) is 2.12. The highest BCUT2D eigenvalue weighted by Crippen LogP contribution is 2.34. The number of nitrogens with two attached hydrogens (primary N) is 3. The molecular weight excluding hydrogens is 1130 g/mol. The van der Waals surface area contributed by atoms with Crippen molar-refractivity contribution in [3.05, 3.63) is 247 Å². The smallest absolute Gasteiger partial charge is 0.206 e. The van der Waals surface area contributed by atoms with Gasteiger partial charge in [0.1, 0.15) is 0 Å². The Bertz CT molecular complexity index is 5890. The summed E-state index contributed by atoms with van der Waals surface area (Å²) in [4.78, 5) is 157. The van der Waals surface area contributed by atoms with Gasteiger partial charge in [0.05, 0.1) is 97.5 Å². The van der Waals surface area contributed by atoms with Crippen LogP contribution in [0, 0.1) is 6.92 Å². The first-order valence-corrected chi connectivity index (χ1v) is 27.3. The highest BCUT2D eigenvalue weighted by molar-refractivity contribution is 7.26. The van der Waals surface area contributed by atoms with E-state index in [1.165, 1.54) is 54.6 Å². The molecule has 81 heavy (non-hydrogen) atoms. The van der Waals surface area contributed by atoms with Gasteiger partial charge in [0, 0.05) is 54.8 Å². The van der Waals surface area contributed by atoms with E-state index in [1.54, 1.807) is 61.5 Å². The Balaban J connectivity index is 0.000000114. The SMILES string of the molecule is Cc1cccc2c(=O)c3c(sc4c(=O)c5c(N)cccc5c(=O)c43)c(=O)c12.Nc1cccc2c(=O)c3sc4c(=O)c5cccc(N)c5c(=O)c4c3c(=O)c12.O=c1c2cccc(Cl)c2c(=O)c2c1sc1c(=O)c3c(Cl)cccc3c(=O)c12. The number of fused-ring (bicyclic) bond motifs is 15. The molecule has 3 heterocycles. The maximum Gasteiger partial charge on any atom is 0.206 e. The van der Waals surface area contributed by atoms with Gasteiger partial charge >= 0.3 is 0 Å². The van der Waals surface area contributed by atoms with Crippen molar-refractivity contribution in [1.82, 2.24) is 0 Å². The van der Waals surface area contributed by atoms with Gasteiger partial charge in [-0.2, -0.15) is 0 Å². The minimum Gasteiger partial charge on any atom is -0.398 e. The first-order valence-electron chi connectivity index (χ1n) is 24.1. The molecule has 0 saturated carbocycles. The van der Waals surface area contributed by atoms with Crippen molar-refractivity contribution in [2.24, 2.45) is 0 Å². The summed E-state index contributed by atoms with van der Waals surface area (Å²) in [7, 11) is 0. The van der Waals surface area contributed by atoms with Crippen molar-refractivity contribution in [1.29, 1.82) is 0 Å². The maximum atomic E-state index is 13.1. The third-order valence-corrected chi connectivity index (χ3v) is 18.9. The Morgan fingerprint density at radius 1 is 0.259 bits per heavy atom. The molecule has 0 fully saturated rings. The number of anilines is 3. The third-order valence-electron chi connectivity index (χ3n) is 14.7. The molecule has 0 aliphatic heterocycles. The van der Waals surface area contributed by atoms with Crippen LogP contribution in [0.5, 0.6) is 0 Å². The number of nitrogen functional groups attached to an aromatic ring is 3. The number of benzene rings is 12. The topological polar surface area (TPSA) is 283 Å². The van der Waals surface area contributed by atoms with Crippen molar-refractivity contribution < 1.29 is 0 Å². The van der Waals surface area contributed by atoms with Gasteiger partial charge in [0.15, 0.2) is 32.6 Å². The van der Waals surface area contributed by atoms with Crippen molar-refractivity contribution in [2.75, 3.05) is 17.2 Å². The highest BCUT2D eigenvalue weighted by atomic mass is 35.5. The van der Waals surface area contributed by atoms with Crippen LogP contribution in [0.15, 0.2) is 167 Å². The molecule has 0 bridgehead atoms. The predicted molar refractivity (Wildman–Crippen MR) is 333 cm³/mol. The average molecular weight is 1160 g/mol. The lowest BCUT2D eigenvalue weighted by molar-refractivity contribution is 1.52. The molecule has 15 aromatic rings. The van der Waals surface area contributed by atoms with Gasteiger partial charge in [0.25, 0.3) is 0 Å². The number of aryl methyl sites for hydroxylation is 1.